The Kier molecular flexibility index (Phi) is 7.17. The monoisotopic (exact) mass is 434 g/mol. The molecule has 4 nitrogen and oxygen atoms in total. The third-order valence-corrected chi connectivity index (χ3v) is 4.67. The van der Waals surface area contributed by atoms with Crippen molar-refractivity contribution in [3.63, 3.8) is 0 Å². The van der Waals surface area contributed by atoms with Crippen molar-refractivity contribution in [2.75, 3.05) is 11.9 Å². The topological polar surface area (TPSA) is 50.4 Å². The van der Waals surface area contributed by atoms with Crippen LogP contribution in [0.2, 0.25) is 0 Å². The van der Waals surface area contributed by atoms with E-state index < -0.39 is 0 Å². The van der Waals surface area contributed by atoms with Crippen molar-refractivity contribution >= 4 is 44.9 Å². The number of anilines is 1. The summed E-state index contributed by atoms with van der Waals surface area (Å²) in [6, 6.07) is 11.1. The average molecular weight is 435 g/mol. The van der Waals surface area contributed by atoms with Gasteiger partial charge in [-0.3, -0.25) is 10.1 Å². The van der Waals surface area contributed by atoms with Crippen molar-refractivity contribution in [1.82, 2.24) is 5.32 Å². The van der Waals surface area contributed by atoms with Gasteiger partial charge >= 0.3 is 0 Å². The van der Waals surface area contributed by atoms with E-state index in [0.29, 0.717) is 23.8 Å². The zero-order valence-electron chi connectivity index (χ0n) is 15.4. The molecule has 0 spiro atoms. The molecule has 1 amide bonds. The number of benzene rings is 2. The zero-order valence-corrected chi connectivity index (χ0v) is 17.8. The smallest absolute Gasteiger partial charge is 0.257 e. The SMILES string of the molecule is Cc1cccc(NC(=S)NC(=O)c2ccc(OCC(C)C)c(Br)c2)c1C. The maximum atomic E-state index is 12.4. The first kappa shape index (κ1) is 20.4. The van der Waals surface area contributed by atoms with Crippen LogP contribution in [-0.2, 0) is 0 Å². The lowest BCUT2D eigenvalue weighted by Gasteiger charge is -2.14. The summed E-state index contributed by atoms with van der Waals surface area (Å²) in [4.78, 5) is 12.4. The van der Waals surface area contributed by atoms with Gasteiger partial charge in [0.15, 0.2) is 5.11 Å². The van der Waals surface area contributed by atoms with Gasteiger partial charge in [0.05, 0.1) is 11.1 Å². The van der Waals surface area contributed by atoms with E-state index in [2.05, 4.69) is 40.4 Å². The number of carbonyl (C=O) groups excluding carboxylic acids is 1. The van der Waals surface area contributed by atoms with Gasteiger partial charge in [-0.15, -0.1) is 0 Å². The number of rotatable bonds is 5. The molecule has 0 heterocycles. The molecule has 0 aromatic heterocycles. The number of aryl methyl sites for hydroxylation is 1. The molecular formula is C20H23BrN2O2S. The second kappa shape index (κ2) is 9.14. The predicted molar refractivity (Wildman–Crippen MR) is 114 cm³/mol. The molecule has 0 atom stereocenters. The summed E-state index contributed by atoms with van der Waals surface area (Å²) < 4.78 is 6.44. The Bertz CT molecular complexity index is 821. The molecule has 0 fully saturated rings. The Labute approximate surface area is 168 Å². The van der Waals surface area contributed by atoms with Gasteiger partial charge < -0.3 is 10.1 Å². The van der Waals surface area contributed by atoms with Gasteiger partial charge in [-0.05, 0) is 83.3 Å². The number of ether oxygens (including phenoxy) is 1. The van der Waals surface area contributed by atoms with Crippen LogP contribution >= 0.6 is 28.1 Å². The molecule has 0 saturated heterocycles. The summed E-state index contributed by atoms with van der Waals surface area (Å²) in [6.45, 7) is 8.82. The highest BCUT2D eigenvalue weighted by atomic mass is 79.9. The zero-order chi connectivity index (χ0) is 19.3. The first-order valence-corrected chi connectivity index (χ1v) is 9.59. The Hall–Kier alpha value is -1.92. The lowest BCUT2D eigenvalue weighted by atomic mass is 10.1. The van der Waals surface area contributed by atoms with E-state index in [4.69, 9.17) is 17.0 Å². The van der Waals surface area contributed by atoms with Crippen molar-refractivity contribution in [1.29, 1.82) is 0 Å². The number of hydrogen-bond acceptors (Lipinski definition) is 3. The normalized spacial score (nSPS) is 10.5. The Morgan fingerprint density at radius 3 is 2.62 bits per heavy atom. The van der Waals surface area contributed by atoms with Crippen LogP contribution in [0.25, 0.3) is 0 Å². The summed E-state index contributed by atoms with van der Waals surface area (Å²) >= 11 is 8.71. The van der Waals surface area contributed by atoms with Gasteiger partial charge in [0.25, 0.3) is 5.91 Å². The van der Waals surface area contributed by atoms with Crippen LogP contribution < -0.4 is 15.4 Å². The van der Waals surface area contributed by atoms with E-state index in [1.54, 1.807) is 18.2 Å². The molecule has 2 aromatic carbocycles. The Morgan fingerprint density at radius 2 is 1.96 bits per heavy atom. The van der Waals surface area contributed by atoms with E-state index in [9.17, 15) is 4.79 Å². The lowest BCUT2D eigenvalue weighted by molar-refractivity contribution is 0.0977. The molecule has 2 N–H and O–H groups in total. The molecule has 2 aromatic rings. The van der Waals surface area contributed by atoms with E-state index in [1.807, 2.05) is 32.0 Å². The summed E-state index contributed by atoms with van der Waals surface area (Å²) in [6.07, 6.45) is 0. The highest BCUT2D eigenvalue weighted by Gasteiger charge is 2.12. The van der Waals surface area contributed by atoms with Crippen molar-refractivity contribution in [2.45, 2.75) is 27.7 Å². The predicted octanol–water partition coefficient (Wildman–Crippen LogP) is 5.23. The molecule has 6 heteroatoms. The molecular weight excluding hydrogens is 412 g/mol. The number of hydrogen-bond donors (Lipinski definition) is 2. The lowest BCUT2D eigenvalue weighted by Crippen LogP contribution is -2.34. The van der Waals surface area contributed by atoms with Gasteiger partial charge in [-0.25, -0.2) is 0 Å². The fourth-order valence-corrected chi connectivity index (χ4v) is 2.93. The van der Waals surface area contributed by atoms with Gasteiger partial charge in [-0.1, -0.05) is 26.0 Å². The quantitative estimate of drug-likeness (QED) is 0.632. The number of nitrogens with one attached hydrogen (secondary N) is 2. The van der Waals surface area contributed by atoms with Crippen LogP contribution in [0.15, 0.2) is 40.9 Å². The van der Waals surface area contributed by atoms with Crippen LogP contribution in [0, 0.1) is 19.8 Å². The van der Waals surface area contributed by atoms with Crippen molar-refractivity contribution < 1.29 is 9.53 Å². The average Bonchev–Trinajstić information content (AvgIpc) is 2.57. The van der Waals surface area contributed by atoms with Crippen molar-refractivity contribution in [3.8, 4) is 5.75 Å². The summed E-state index contributed by atoms with van der Waals surface area (Å²) in [7, 11) is 0. The minimum atomic E-state index is -0.274. The molecule has 0 bridgehead atoms. The minimum absolute atomic E-state index is 0.264. The molecule has 0 radical (unpaired) electrons. The molecule has 0 saturated carbocycles. The summed E-state index contributed by atoms with van der Waals surface area (Å²) in [5, 5.41) is 6.05. The highest BCUT2D eigenvalue weighted by molar-refractivity contribution is 9.10. The number of carbonyl (C=O) groups is 1. The molecule has 138 valence electrons. The molecule has 0 aliphatic carbocycles. The first-order valence-electron chi connectivity index (χ1n) is 8.39. The van der Waals surface area contributed by atoms with Crippen LogP contribution in [0.5, 0.6) is 5.75 Å². The molecule has 0 aliphatic rings. The summed E-state index contributed by atoms with van der Waals surface area (Å²) in [5.41, 5.74) is 3.64. The minimum Gasteiger partial charge on any atom is -0.492 e. The maximum Gasteiger partial charge on any atom is 0.257 e. The fraction of sp³-hybridized carbons (Fsp3) is 0.300. The second-order valence-corrected chi connectivity index (χ2v) is 7.77. The standard InChI is InChI=1S/C20H23BrN2O2S/c1-12(2)11-25-18-9-8-15(10-16(18)21)19(24)23-20(26)22-17-7-5-6-13(3)14(17)4/h5-10,12H,11H2,1-4H3,(H2,22,23,24,26). The van der Waals surface area contributed by atoms with Crippen LogP contribution in [0.4, 0.5) is 5.69 Å². The Balaban J connectivity index is 2.01. The molecule has 0 unspecified atom stereocenters. The van der Waals surface area contributed by atoms with E-state index in [0.717, 1.165) is 21.3 Å². The van der Waals surface area contributed by atoms with Crippen LogP contribution in [0.3, 0.4) is 0 Å². The van der Waals surface area contributed by atoms with Crippen LogP contribution in [-0.4, -0.2) is 17.6 Å². The Morgan fingerprint density at radius 1 is 1.23 bits per heavy atom. The first-order chi connectivity index (χ1) is 12.3. The van der Waals surface area contributed by atoms with Gasteiger partial charge in [0.1, 0.15) is 5.75 Å². The second-order valence-electron chi connectivity index (χ2n) is 6.51. The molecule has 2 rings (SSSR count). The number of thiocarbonyl (C=S) groups is 1. The summed E-state index contributed by atoms with van der Waals surface area (Å²) in [5.74, 6) is 0.869. The van der Waals surface area contributed by atoms with Gasteiger partial charge in [-0.2, -0.15) is 0 Å². The molecule has 0 aliphatic heterocycles. The fourth-order valence-electron chi connectivity index (χ4n) is 2.23. The number of amides is 1. The molecule has 26 heavy (non-hydrogen) atoms. The van der Waals surface area contributed by atoms with E-state index in [-0.39, 0.29) is 11.0 Å². The van der Waals surface area contributed by atoms with Crippen LogP contribution in [0.1, 0.15) is 35.3 Å². The van der Waals surface area contributed by atoms with Crippen molar-refractivity contribution in [3.05, 3.63) is 57.6 Å². The van der Waals surface area contributed by atoms with E-state index in [1.165, 1.54) is 0 Å². The van der Waals surface area contributed by atoms with Gasteiger partial charge in [0, 0.05) is 11.3 Å². The maximum absolute atomic E-state index is 12.4. The van der Waals surface area contributed by atoms with E-state index >= 15 is 0 Å². The highest BCUT2D eigenvalue weighted by Crippen LogP contribution is 2.26. The van der Waals surface area contributed by atoms with Gasteiger partial charge in [0.2, 0.25) is 0 Å². The third-order valence-electron chi connectivity index (χ3n) is 3.85. The van der Waals surface area contributed by atoms with Crippen molar-refractivity contribution in [2.24, 2.45) is 5.92 Å². The number of halogens is 1. The largest absolute Gasteiger partial charge is 0.492 e. The third kappa shape index (κ3) is 5.54.